The van der Waals surface area contributed by atoms with Crippen LogP contribution in [0.4, 0.5) is 0 Å². The summed E-state index contributed by atoms with van der Waals surface area (Å²) < 4.78 is 10.4. The van der Waals surface area contributed by atoms with Crippen molar-refractivity contribution in [2.75, 3.05) is 33.5 Å². The first-order valence-electron chi connectivity index (χ1n) is 5.09. The zero-order valence-corrected chi connectivity index (χ0v) is 9.42. The van der Waals surface area contributed by atoms with Crippen molar-refractivity contribution in [2.45, 2.75) is 19.8 Å². The molecule has 14 heavy (non-hydrogen) atoms. The highest BCUT2D eigenvalue weighted by atomic mass is 16.5. The predicted octanol–water partition coefficient (Wildman–Crippen LogP) is 1.58. The smallest absolute Gasteiger partial charge is 0.0487 e. The fourth-order valence-corrected chi connectivity index (χ4v) is 1.00. The van der Waals surface area contributed by atoms with Crippen LogP contribution >= 0.6 is 0 Å². The van der Waals surface area contributed by atoms with Gasteiger partial charge in [0.2, 0.25) is 0 Å². The Kier molecular flexibility index (Phi) is 7.76. The second-order valence-corrected chi connectivity index (χ2v) is 3.77. The van der Waals surface area contributed by atoms with Crippen LogP contribution in [0.25, 0.3) is 0 Å². The Hall–Kier alpha value is -0.380. The number of methoxy groups -OCH3 is 1. The SMILES string of the molecule is C=CC(C)(CN)CCOCCCOC. The van der Waals surface area contributed by atoms with Crippen molar-refractivity contribution in [2.24, 2.45) is 11.1 Å². The topological polar surface area (TPSA) is 44.5 Å². The van der Waals surface area contributed by atoms with E-state index in [1.807, 2.05) is 6.08 Å². The molecule has 0 amide bonds. The molecular weight excluding hydrogens is 178 g/mol. The van der Waals surface area contributed by atoms with Crippen LogP contribution in [0.5, 0.6) is 0 Å². The van der Waals surface area contributed by atoms with E-state index in [-0.39, 0.29) is 5.41 Å². The molecular formula is C11H23NO2. The summed E-state index contributed by atoms with van der Waals surface area (Å²) in [5.41, 5.74) is 5.65. The van der Waals surface area contributed by atoms with Gasteiger partial charge in [0.15, 0.2) is 0 Å². The van der Waals surface area contributed by atoms with E-state index in [1.165, 1.54) is 0 Å². The summed E-state index contributed by atoms with van der Waals surface area (Å²) in [5, 5.41) is 0. The van der Waals surface area contributed by atoms with E-state index >= 15 is 0 Å². The van der Waals surface area contributed by atoms with Crippen LogP contribution in [0.1, 0.15) is 19.8 Å². The van der Waals surface area contributed by atoms with Gasteiger partial charge in [-0.05, 0) is 18.3 Å². The van der Waals surface area contributed by atoms with Gasteiger partial charge >= 0.3 is 0 Å². The van der Waals surface area contributed by atoms with Crippen LogP contribution in [0.2, 0.25) is 0 Å². The number of hydrogen-bond acceptors (Lipinski definition) is 3. The molecule has 0 heterocycles. The standard InChI is InChI=1S/C11H23NO2/c1-4-11(2,10-12)6-9-14-8-5-7-13-3/h4H,1,5-10,12H2,2-3H3. The third-order valence-corrected chi connectivity index (χ3v) is 2.41. The summed E-state index contributed by atoms with van der Waals surface area (Å²) in [4.78, 5) is 0. The van der Waals surface area contributed by atoms with Crippen LogP contribution in [-0.2, 0) is 9.47 Å². The first-order chi connectivity index (χ1) is 6.68. The molecule has 1 atom stereocenters. The number of nitrogens with two attached hydrogens (primary N) is 1. The quantitative estimate of drug-likeness (QED) is 0.455. The van der Waals surface area contributed by atoms with Crippen LogP contribution in [0.3, 0.4) is 0 Å². The summed E-state index contributed by atoms with van der Waals surface area (Å²) in [6.07, 6.45) is 3.79. The van der Waals surface area contributed by atoms with Gasteiger partial charge in [-0.3, -0.25) is 0 Å². The summed E-state index contributed by atoms with van der Waals surface area (Å²) in [6, 6.07) is 0. The average Bonchev–Trinajstić information content (AvgIpc) is 2.23. The molecule has 2 N–H and O–H groups in total. The maximum absolute atomic E-state index is 5.63. The van der Waals surface area contributed by atoms with E-state index < -0.39 is 0 Å². The molecule has 0 aliphatic heterocycles. The molecule has 0 bridgehead atoms. The summed E-state index contributed by atoms with van der Waals surface area (Å²) in [5.74, 6) is 0. The fourth-order valence-electron chi connectivity index (χ4n) is 1.00. The molecule has 0 aliphatic rings. The molecule has 0 aromatic rings. The highest BCUT2D eigenvalue weighted by Crippen LogP contribution is 2.20. The van der Waals surface area contributed by atoms with Crippen molar-refractivity contribution in [1.82, 2.24) is 0 Å². The van der Waals surface area contributed by atoms with Gasteiger partial charge in [0.05, 0.1) is 0 Å². The Balaban J connectivity index is 3.38. The first-order valence-corrected chi connectivity index (χ1v) is 5.09. The fraction of sp³-hybridized carbons (Fsp3) is 0.818. The third-order valence-electron chi connectivity index (χ3n) is 2.41. The van der Waals surface area contributed by atoms with Crippen LogP contribution in [0.15, 0.2) is 12.7 Å². The average molecular weight is 201 g/mol. The Morgan fingerprint density at radius 3 is 2.57 bits per heavy atom. The van der Waals surface area contributed by atoms with Gasteiger partial charge in [-0.2, -0.15) is 0 Å². The highest BCUT2D eigenvalue weighted by Gasteiger charge is 2.17. The molecule has 3 nitrogen and oxygen atoms in total. The van der Waals surface area contributed by atoms with Crippen molar-refractivity contribution in [3.8, 4) is 0 Å². The molecule has 84 valence electrons. The van der Waals surface area contributed by atoms with Crippen LogP contribution < -0.4 is 5.73 Å². The zero-order chi connectivity index (χ0) is 10.9. The van der Waals surface area contributed by atoms with Gasteiger partial charge in [-0.1, -0.05) is 13.0 Å². The normalized spacial score (nSPS) is 15.1. The van der Waals surface area contributed by atoms with Crippen molar-refractivity contribution in [1.29, 1.82) is 0 Å². The Bertz CT molecular complexity index is 150. The third kappa shape index (κ3) is 6.13. The molecule has 0 rings (SSSR count). The predicted molar refractivity (Wildman–Crippen MR) is 59.3 cm³/mol. The molecule has 0 radical (unpaired) electrons. The molecule has 0 saturated heterocycles. The second kappa shape index (κ2) is 7.97. The Morgan fingerprint density at radius 2 is 2.07 bits per heavy atom. The minimum absolute atomic E-state index is 0.0151. The monoisotopic (exact) mass is 201 g/mol. The zero-order valence-electron chi connectivity index (χ0n) is 9.42. The minimum atomic E-state index is 0.0151. The number of ether oxygens (including phenoxy) is 2. The van der Waals surface area contributed by atoms with E-state index in [9.17, 15) is 0 Å². The van der Waals surface area contributed by atoms with E-state index in [2.05, 4.69) is 13.5 Å². The van der Waals surface area contributed by atoms with Gasteiger partial charge in [0.1, 0.15) is 0 Å². The molecule has 0 fully saturated rings. The van der Waals surface area contributed by atoms with Gasteiger partial charge in [-0.25, -0.2) is 0 Å². The number of hydrogen-bond donors (Lipinski definition) is 1. The molecule has 0 spiro atoms. The van der Waals surface area contributed by atoms with Crippen molar-refractivity contribution in [3.05, 3.63) is 12.7 Å². The summed E-state index contributed by atoms with van der Waals surface area (Å²) in [7, 11) is 1.70. The lowest BCUT2D eigenvalue weighted by molar-refractivity contribution is 0.0885. The molecule has 1 unspecified atom stereocenters. The number of rotatable bonds is 9. The Labute approximate surface area is 87.3 Å². The molecule has 3 heteroatoms. The van der Waals surface area contributed by atoms with Gasteiger partial charge in [0.25, 0.3) is 0 Å². The van der Waals surface area contributed by atoms with Crippen LogP contribution in [0, 0.1) is 5.41 Å². The lowest BCUT2D eigenvalue weighted by Crippen LogP contribution is -2.26. The minimum Gasteiger partial charge on any atom is -0.385 e. The van der Waals surface area contributed by atoms with Crippen molar-refractivity contribution < 1.29 is 9.47 Å². The Morgan fingerprint density at radius 1 is 1.36 bits per heavy atom. The van der Waals surface area contributed by atoms with E-state index in [1.54, 1.807) is 7.11 Å². The summed E-state index contributed by atoms with van der Waals surface area (Å²) in [6.45, 7) is 8.75. The van der Waals surface area contributed by atoms with E-state index in [0.717, 1.165) is 32.7 Å². The molecule has 0 aromatic heterocycles. The maximum Gasteiger partial charge on any atom is 0.0487 e. The molecule has 0 saturated carbocycles. The van der Waals surface area contributed by atoms with Crippen molar-refractivity contribution >= 4 is 0 Å². The highest BCUT2D eigenvalue weighted by molar-refractivity contribution is 4.91. The largest absolute Gasteiger partial charge is 0.385 e. The second-order valence-electron chi connectivity index (χ2n) is 3.77. The summed E-state index contributed by atoms with van der Waals surface area (Å²) >= 11 is 0. The lowest BCUT2D eigenvalue weighted by Gasteiger charge is -2.23. The van der Waals surface area contributed by atoms with Crippen molar-refractivity contribution in [3.63, 3.8) is 0 Å². The van der Waals surface area contributed by atoms with Gasteiger partial charge < -0.3 is 15.2 Å². The first kappa shape index (κ1) is 13.6. The van der Waals surface area contributed by atoms with Gasteiger partial charge in [-0.15, -0.1) is 6.58 Å². The molecule has 0 aromatic carbocycles. The maximum atomic E-state index is 5.63. The molecule has 0 aliphatic carbocycles. The van der Waals surface area contributed by atoms with E-state index in [0.29, 0.717) is 6.54 Å². The lowest BCUT2D eigenvalue weighted by atomic mass is 9.88. The van der Waals surface area contributed by atoms with Gasteiger partial charge in [0, 0.05) is 33.5 Å². The van der Waals surface area contributed by atoms with E-state index in [4.69, 9.17) is 15.2 Å². The van der Waals surface area contributed by atoms with Crippen LogP contribution in [-0.4, -0.2) is 33.5 Å².